The number of imidazole rings is 1. The fourth-order valence-electron chi connectivity index (χ4n) is 4.31. The van der Waals surface area contributed by atoms with E-state index in [1.54, 1.807) is 0 Å². The third kappa shape index (κ3) is 5.81. The van der Waals surface area contributed by atoms with Crippen molar-refractivity contribution in [2.45, 2.75) is 45.3 Å². The normalized spacial score (nSPS) is 16.7. The summed E-state index contributed by atoms with van der Waals surface area (Å²) in [6, 6.07) is 16.2. The number of benzene rings is 2. The Hall–Kier alpha value is -2.70. The summed E-state index contributed by atoms with van der Waals surface area (Å²) in [4.78, 5) is 25.3. The van der Waals surface area contributed by atoms with Crippen LogP contribution < -0.4 is 4.90 Å². The molecule has 1 atom stereocenters. The molecule has 2 aromatic carbocycles. The van der Waals surface area contributed by atoms with E-state index in [-0.39, 0.29) is 5.91 Å². The summed E-state index contributed by atoms with van der Waals surface area (Å²) in [6.45, 7) is 11.8. The molecular formula is C26H28IN5O. The molecular weight excluding hydrogens is 521 g/mol. The highest BCUT2D eigenvalue weighted by atomic mass is 123. The highest BCUT2D eigenvalue weighted by molar-refractivity contribution is 14.1. The van der Waals surface area contributed by atoms with Gasteiger partial charge in [0.25, 0.3) is 0 Å². The van der Waals surface area contributed by atoms with Crippen LogP contribution in [-0.4, -0.2) is 39.5 Å². The van der Waals surface area contributed by atoms with Gasteiger partial charge in [0.05, 0.1) is 25.1 Å². The Kier molecular flexibility index (Phi) is 7.78. The van der Waals surface area contributed by atoms with Gasteiger partial charge in [-0.1, -0.05) is 50.1 Å². The fourth-order valence-corrected chi connectivity index (χ4v) is 4.84. The third-order valence-electron chi connectivity index (χ3n) is 6.14. The van der Waals surface area contributed by atoms with Gasteiger partial charge in [-0.15, -0.1) is 0 Å². The van der Waals surface area contributed by atoms with E-state index in [4.69, 9.17) is 6.57 Å². The Labute approximate surface area is 209 Å². The van der Waals surface area contributed by atoms with Crippen LogP contribution in [0.15, 0.2) is 61.1 Å². The largest absolute Gasteiger partial charge is 0.329 e. The molecule has 1 fully saturated rings. The fraction of sp³-hybridized carbons (Fsp3) is 0.346. The van der Waals surface area contributed by atoms with Crippen LogP contribution in [0.1, 0.15) is 37.4 Å². The van der Waals surface area contributed by atoms with E-state index in [1.807, 2.05) is 53.8 Å². The smallest absolute Gasteiger partial charge is 0.241 e. The number of amides is 1. The maximum absolute atomic E-state index is 13.1. The van der Waals surface area contributed by atoms with Crippen molar-refractivity contribution in [3.63, 3.8) is 0 Å². The predicted octanol–water partition coefficient (Wildman–Crippen LogP) is 5.49. The Balaban J connectivity index is 1.50. The SMILES string of the molecule is [C-]#[N+]c1ccc(Cn2cncc2CN2CC(=O)N(c3cccc([123I])c3)C[C@@H]2CCCC)cc1. The van der Waals surface area contributed by atoms with Gasteiger partial charge in [-0.2, -0.15) is 0 Å². The van der Waals surface area contributed by atoms with Crippen molar-refractivity contribution in [3.05, 3.63) is 87.3 Å². The van der Waals surface area contributed by atoms with Gasteiger partial charge in [0, 0.05) is 41.1 Å². The molecule has 2 heterocycles. The van der Waals surface area contributed by atoms with Gasteiger partial charge in [0.1, 0.15) is 0 Å². The maximum atomic E-state index is 13.1. The third-order valence-corrected chi connectivity index (χ3v) is 6.81. The molecule has 1 amide bonds. The Morgan fingerprint density at radius 3 is 2.73 bits per heavy atom. The van der Waals surface area contributed by atoms with Gasteiger partial charge in [0.15, 0.2) is 5.69 Å². The monoisotopic (exact) mass is 549 g/mol. The lowest BCUT2D eigenvalue weighted by molar-refractivity contribution is -0.122. The number of unbranched alkanes of at least 4 members (excludes halogenated alkanes) is 1. The van der Waals surface area contributed by atoms with Crippen LogP contribution >= 0.6 is 22.6 Å². The van der Waals surface area contributed by atoms with E-state index in [1.165, 1.54) is 0 Å². The number of piperazine rings is 1. The van der Waals surface area contributed by atoms with Gasteiger partial charge < -0.3 is 9.47 Å². The Morgan fingerprint density at radius 1 is 1.18 bits per heavy atom. The molecule has 1 aliphatic rings. The van der Waals surface area contributed by atoms with E-state index < -0.39 is 0 Å². The summed E-state index contributed by atoms with van der Waals surface area (Å²) in [5.41, 5.74) is 3.86. The van der Waals surface area contributed by atoms with Gasteiger partial charge in [-0.25, -0.2) is 9.83 Å². The molecule has 170 valence electrons. The minimum atomic E-state index is 0.144. The first-order chi connectivity index (χ1) is 16.1. The molecule has 0 saturated carbocycles. The molecule has 0 aliphatic carbocycles. The zero-order valence-corrected chi connectivity index (χ0v) is 21.0. The molecule has 4 rings (SSSR count). The van der Waals surface area contributed by atoms with E-state index in [2.05, 4.69) is 60.9 Å². The molecule has 3 aromatic rings. The second-order valence-corrected chi connectivity index (χ2v) is 9.72. The summed E-state index contributed by atoms with van der Waals surface area (Å²) < 4.78 is 3.28. The predicted molar refractivity (Wildman–Crippen MR) is 139 cm³/mol. The van der Waals surface area contributed by atoms with Crippen LogP contribution in [0.2, 0.25) is 0 Å². The van der Waals surface area contributed by atoms with Crippen LogP contribution in [-0.2, 0) is 17.9 Å². The van der Waals surface area contributed by atoms with Gasteiger partial charge >= 0.3 is 0 Å². The minimum absolute atomic E-state index is 0.144. The lowest BCUT2D eigenvalue weighted by atomic mass is 10.0. The average molecular weight is 549 g/mol. The van der Waals surface area contributed by atoms with Crippen molar-refractivity contribution >= 4 is 39.9 Å². The summed E-state index contributed by atoms with van der Waals surface area (Å²) in [5.74, 6) is 0.144. The number of rotatable bonds is 8. The van der Waals surface area contributed by atoms with Crippen LogP contribution in [0.5, 0.6) is 0 Å². The van der Waals surface area contributed by atoms with Crippen molar-refractivity contribution in [1.29, 1.82) is 0 Å². The highest BCUT2D eigenvalue weighted by Crippen LogP contribution is 2.25. The van der Waals surface area contributed by atoms with Gasteiger partial charge in [0.2, 0.25) is 5.91 Å². The number of carbonyl (C=O) groups excluding carboxylic acids is 1. The zero-order valence-electron chi connectivity index (χ0n) is 18.8. The van der Waals surface area contributed by atoms with E-state index in [0.29, 0.717) is 37.9 Å². The number of nitrogens with zero attached hydrogens (tertiary/aromatic N) is 5. The van der Waals surface area contributed by atoms with E-state index in [9.17, 15) is 4.79 Å². The zero-order chi connectivity index (χ0) is 23.2. The lowest BCUT2D eigenvalue weighted by Crippen LogP contribution is -2.56. The maximum Gasteiger partial charge on any atom is 0.241 e. The molecule has 0 N–H and O–H groups in total. The van der Waals surface area contributed by atoms with E-state index >= 15 is 0 Å². The molecule has 7 heteroatoms. The van der Waals surface area contributed by atoms with Crippen LogP contribution in [0.4, 0.5) is 11.4 Å². The van der Waals surface area contributed by atoms with Crippen LogP contribution in [0.3, 0.4) is 0 Å². The quantitative estimate of drug-likeness (QED) is 0.276. The molecule has 0 radical (unpaired) electrons. The van der Waals surface area contributed by atoms with Crippen molar-refractivity contribution < 1.29 is 4.79 Å². The first-order valence-corrected chi connectivity index (χ1v) is 12.4. The highest BCUT2D eigenvalue weighted by Gasteiger charge is 2.33. The summed E-state index contributed by atoms with van der Waals surface area (Å²) >= 11 is 2.30. The molecule has 0 unspecified atom stereocenters. The molecule has 1 saturated heterocycles. The first-order valence-electron chi connectivity index (χ1n) is 11.3. The number of anilines is 1. The topological polar surface area (TPSA) is 45.7 Å². The van der Waals surface area contributed by atoms with Crippen LogP contribution in [0, 0.1) is 10.1 Å². The summed E-state index contributed by atoms with van der Waals surface area (Å²) in [7, 11) is 0. The van der Waals surface area contributed by atoms with Crippen LogP contribution in [0.25, 0.3) is 4.85 Å². The number of hydrogen-bond acceptors (Lipinski definition) is 3. The molecule has 6 nitrogen and oxygen atoms in total. The van der Waals surface area contributed by atoms with Crippen molar-refractivity contribution in [2.75, 3.05) is 18.0 Å². The van der Waals surface area contributed by atoms with Gasteiger partial charge in [-0.3, -0.25) is 9.69 Å². The number of aromatic nitrogens is 2. The summed E-state index contributed by atoms with van der Waals surface area (Å²) in [5, 5.41) is 0. The Morgan fingerprint density at radius 2 is 2.00 bits per heavy atom. The van der Waals surface area contributed by atoms with Crippen molar-refractivity contribution in [2.24, 2.45) is 0 Å². The average Bonchev–Trinajstić information content (AvgIpc) is 3.25. The number of hydrogen-bond donors (Lipinski definition) is 0. The molecule has 33 heavy (non-hydrogen) atoms. The Bertz CT molecular complexity index is 1130. The minimum Gasteiger partial charge on any atom is -0.329 e. The van der Waals surface area contributed by atoms with Crippen molar-refractivity contribution in [1.82, 2.24) is 14.5 Å². The molecule has 0 spiro atoms. The molecule has 0 bridgehead atoms. The summed E-state index contributed by atoms with van der Waals surface area (Å²) in [6.07, 6.45) is 7.10. The van der Waals surface area contributed by atoms with E-state index in [0.717, 1.165) is 39.8 Å². The van der Waals surface area contributed by atoms with Crippen molar-refractivity contribution in [3.8, 4) is 0 Å². The first kappa shape index (κ1) is 23.5. The number of halogens is 1. The van der Waals surface area contributed by atoms with Gasteiger partial charge in [-0.05, 0) is 52.8 Å². The lowest BCUT2D eigenvalue weighted by Gasteiger charge is -2.41. The second kappa shape index (κ2) is 10.9. The molecule has 1 aromatic heterocycles. The second-order valence-electron chi connectivity index (χ2n) is 8.48. The number of carbonyl (C=O) groups is 1. The molecule has 1 aliphatic heterocycles. The standard InChI is InChI=1S/C26H28IN5O/c1-3-4-7-24-17-32(23-8-5-6-21(27)13-23)26(33)18-30(24)16-25-14-29-19-31(25)15-20-9-11-22(28-2)12-10-20/h5-6,8-14,19,24H,3-4,7,15-18H2,1H3/t24-/m0/s1/i27-4.